The number of amides is 1. The van der Waals surface area contributed by atoms with Gasteiger partial charge in [0.25, 0.3) is 5.91 Å². The number of furan rings is 1. The summed E-state index contributed by atoms with van der Waals surface area (Å²) in [6.07, 6.45) is 3.26. The van der Waals surface area contributed by atoms with E-state index in [0.717, 1.165) is 10.9 Å². The maximum atomic E-state index is 11.8. The highest BCUT2D eigenvalue weighted by Gasteiger charge is 2.09. The lowest BCUT2D eigenvalue weighted by atomic mass is 10.2. The van der Waals surface area contributed by atoms with Crippen molar-refractivity contribution in [3.63, 3.8) is 0 Å². The predicted octanol–water partition coefficient (Wildman–Crippen LogP) is 2.42. The van der Waals surface area contributed by atoms with Crippen LogP contribution in [0.2, 0.25) is 0 Å². The monoisotopic (exact) mass is 241 g/mol. The van der Waals surface area contributed by atoms with Crippen molar-refractivity contribution in [1.29, 1.82) is 0 Å². The van der Waals surface area contributed by atoms with Crippen molar-refractivity contribution in [2.24, 2.45) is 7.05 Å². The van der Waals surface area contributed by atoms with Crippen molar-refractivity contribution in [1.82, 2.24) is 9.78 Å². The van der Waals surface area contributed by atoms with Gasteiger partial charge in [-0.1, -0.05) is 0 Å². The summed E-state index contributed by atoms with van der Waals surface area (Å²) in [5.41, 5.74) is 1.68. The van der Waals surface area contributed by atoms with Gasteiger partial charge in [0.05, 0.1) is 18.0 Å². The summed E-state index contributed by atoms with van der Waals surface area (Å²) in [6.45, 7) is 0. The molecule has 1 amide bonds. The van der Waals surface area contributed by atoms with Crippen molar-refractivity contribution < 1.29 is 9.21 Å². The van der Waals surface area contributed by atoms with Crippen LogP contribution in [0, 0.1) is 0 Å². The maximum absolute atomic E-state index is 11.8. The second kappa shape index (κ2) is 4.03. The average molecular weight is 241 g/mol. The van der Waals surface area contributed by atoms with Crippen LogP contribution in [0.25, 0.3) is 10.9 Å². The summed E-state index contributed by atoms with van der Waals surface area (Å²) in [5.74, 6) is 0.0293. The van der Waals surface area contributed by atoms with E-state index in [1.165, 1.54) is 6.26 Å². The number of carbonyl (C=O) groups is 1. The van der Waals surface area contributed by atoms with E-state index >= 15 is 0 Å². The SMILES string of the molecule is Cn1ncc2ccc(NC(=O)c3ccco3)cc21. The molecule has 0 aliphatic rings. The van der Waals surface area contributed by atoms with Crippen molar-refractivity contribution in [3.8, 4) is 0 Å². The number of rotatable bonds is 2. The van der Waals surface area contributed by atoms with Crippen LogP contribution in [-0.2, 0) is 7.05 Å². The molecule has 2 heterocycles. The van der Waals surface area contributed by atoms with Gasteiger partial charge in [0.1, 0.15) is 0 Å². The number of anilines is 1. The molecule has 18 heavy (non-hydrogen) atoms. The smallest absolute Gasteiger partial charge is 0.291 e. The molecule has 90 valence electrons. The third-order valence-electron chi connectivity index (χ3n) is 2.75. The third-order valence-corrected chi connectivity index (χ3v) is 2.75. The molecule has 2 aromatic heterocycles. The Hall–Kier alpha value is -2.56. The molecule has 0 aliphatic heterocycles. The normalized spacial score (nSPS) is 10.7. The first-order valence-electron chi connectivity index (χ1n) is 5.51. The van der Waals surface area contributed by atoms with Gasteiger partial charge in [-0.15, -0.1) is 0 Å². The summed E-state index contributed by atoms with van der Waals surface area (Å²) in [5, 5.41) is 7.97. The molecular formula is C13H11N3O2. The zero-order valence-electron chi connectivity index (χ0n) is 9.75. The second-order valence-corrected chi connectivity index (χ2v) is 3.97. The molecule has 0 unspecified atom stereocenters. The fourth-order valence-electron chi connectivity index (χ4n) is 1.82. The van der Waals surface area contributed by atoms with Gasteiger partial charge in [-0.05, 0) is 30.3 Å². The van der Waals surface area contributed by atoms with Crippen LogP contribution in [-0.4, -0.2) is 15.7 Å². The number of nitrogens with one attached hydrogen (secondary N) is 1. The number of aromatic nitrogens is 2. The number of aryl methyl sites for hydroxylation is 1. The zero-order chi connectivity index (χ0) is 12.5. The van der Waals surface area contributed by atoms with Gasteiger partial charge in [0, 0.05) is 18.1 Å². The summed E-state index contributed by atoms with van der Waals surface area (Å²) in [7, 11) is 1.86. The lowest BCUT2D eigenvalue weighted by molar-refractivity contribution is 0.0996. The highest BCUT2D eigenvalue weighted by molar-refractivity contribution is 6.03. The van der Waals surface area contributed by atoms with Crippen LogP contribution in [0.15, 0.2) is 47.2 Å². The standard InChI is InChI=1S/C13H11N3O2/c1-16-11-7-10(5-4-9(11)8-14-16)15-13(17)12-3-2-6-18-12/h2-8H,1H3,(H,15,17). The van der Waals surface area contributed by atoms with Crippen molar-refractivity contribution in [2.75, 3.05) is 5.32 Å². The van der Waals surface area contributed by atoms with E-state index in [1.54, 1.807) is 23.0 Å². The van der Waals surface area contributed by atoms with Gasteiger partial charge in [0.15, 0.2) is 5.76 Å². The summed E-state index contributed by atoms with van der Waals surface area (Å²) < 4.78 is 6.80. The molecule has 0 aliphatic carbocycles. The molecule has 5 heteroatoms. The van der Waals surface area contributed by atoms with Crippen LogP contribution in [0.3, 0.4) is 0 Å². The van der Waals surface area contributed by atoms with Gasteiger partial charge < -0.3 is 9.73 Å². The molecule has 0 spiro atoms. The lowest BCUT2D eigenvalue weighted by Crippen LogP contribution is -2.10. The van der Waals surface area contributed by atoms with E-state index in [2.05, 4.69) is 10.4 Å². The number of carbonyl (C=O) groups excluding carboxylic acids is 1. The summed E-state index contributed by atoms with van der Waals surface area (Å²) in [4.78, 5) is 11.8. The van der Waals surface area contributed by atoms with Crippen LogP contribution in [0.4, 0.5) is 5.69 Å². The fraction of sp³-hybridized carbons (Fsp3) is 0.0769. The maximum Gasteiger partial charge on any atom is 0.291 e. The zero-order valence-corrected chi connectivity index (χ0v) is 9.75. The highest BCUT2D eigenvalue weighted by Crippen LogP contribution is 2.18. The highest BCUT2D eigenvalue weighted by atomic mass is 16.3. The predicted molar refractivity (Wildman–Crippen MR) is 67.4 cm³/mol. The first kappa shape index (κ1) is 10.6. The molecule has 1 aromatic carbocycles. The molecule has 5 nitrogen and oxygen atoms in total. The minimum Gasteiger partial charge on any atom is -0.459 e. The van der Waals surface area contributed by atoms with Gasteiger partial charge in [0.2, 0.25) is 0 Å². The van der Waals surface area contributed by atoms with Crippen LogP contribution >= 0.6 is 0 Å². The molecular weight excluding hydrogens is 230 g/mol. The Kier molecular flexibility index (Phi) is 2.37. The lowest BCUT2D eigenvalue weighted by Gasteiger charge is -2.03. The first-order chi connectivity index (χ1) is 8.74. The Morgan fingerprint density at radius 2 is 2.28 bits per heavy atom. The molecule has 0 saturated heterocycles. The van der Waals surface area contributed by atoms with E-state index in [9.17, 15) is 4.79 Å². The molecule has 0 fully saturated rings. The van der Waals surface area contributed by atoms with E-state index < -0.39 is 0 Å². The summed E-state index contributed by atoms with van der Waals surface area (Å²) >= 11 is 0. The Morgan fingerprint density at radius 3 is 3.06 bits per heavy atom. The Balaban J connectivity index is 1.91. The minimum absolute atomic E-state index is 0.262. The third kappa shape index (κ3) is 1.75. The molecule has 0 radical (unpaired) electrons. The van der Waals surface area contributed by atoms with Gasteiger partial charge in [-0.3, -0.25) is 9.48 Å². The summed E-state index contributed by atoms with van der Waals surface area (Å²) in [6, 6.07) is 8.94. The molecule has 3 rings (SSSR count). The number of hydrogen-bond donors (Lipinski definition) is 1. The fourth-order valence-corrected chi connectivity index (χ4v) is 1.82. The van der Waals surface area contributed by atoms with Gasteiger partial charge in [-0.2, -0.15) is 5.10 Å². The molecule has 1 N–H and O–H groups in total. The van der Waals surface area contributed by atoms with Gasteiger partial charge in [-0.25, -0.2) is 0 Å². The van der Waals surface area contributed by atoms with E-state index in [-0.39, 0.29) is 5.91 Å². The van der Waals surface area contributed by atoms with Crippen molar-refractivity contribution in [2.45, 2.75) is 0 Å². The number of benzene rings is 1. The Labute approximate surface area is 103 Å². The van der Waals surface area contributed by atoms with Crippen LogP contribution in [0.1, 0.15) is 10.6 Å². The van der Waals surface area contributed by atoms with Crippen molar-refractivity contribution >= 4 is 22.5 Å². The quantitative estimate of drug-likeness (QED) is 0.749. The molecule has 3 aromatic rings. The van der Waals surface area contributed by atoms with Crippen LogP contribution < -0.4 is 5.32 Å². The second-order valence-electron chi connectivity index (χ2n) is 3.97. The van der Waals surface area contributed by atoms with E-state index in [0.29, 0.717) is 11.4 Å². The van der Waals surface area contributed by atoms with Crippen LogP contribution in [0.5, 0.6) is 0 Å². The Bertz CT molecular complexity index is 698. The molecule has 0 bridgehead atoms. The average Bonchev–Trinajstić information content (AvgIpc) is 3.00. The molecule has 0 saturated carbocycles. The first-order valence-corrected chi connectivity index (χ1v) is 5.51. The largest absolute Gasteiger partial charge is 0.459 e. The molecule has 0 atom stereocenters. The number of fused-ring (bicyclic) bond motifs is 1. The Morgan fingerprint density at radius 1 is 1.39 bits per heavy atom. The topological polar surface area (TPSA) is 60.1 Å². The minimum atomic E-state index is -0.262. The van der Waals surface area contributed by atoms with Crippen molar-refractivity contribution in [3.05, 3.63) is 48.6 Å². The van der Waals surface area contributed by atoms with E-state index in [4.69, 9.17) is 4.42 Å². The number of nitrogens with zero attached hydrogens (tertiary/aromatic N) is 2. The van der Waals surface area contributed by atoms with E-state index in [1.807, 2.05) is 25.2 Å². The van der Waals surface area contributed by atoms with Gasteiger partial charge >= 0.3 is 0 Å². The number of hydrogen-bond acceptors (Lipinski definition) is 3.